The Bertz CT molecular complexity index is 531. The van der Waals surface area contributed by atoms with Crippen LogP contribution in [0.3, 0.4) is 0 Å². The van der Waals surface area contributed by atoms with Crippen LogP contribution in [-0.2, 0) is 6.42 Å². The van der Waals surface area contributed by atoms with Crippen molar-refractivity contribution in [2.75, 3.05) is 6.61 Å². The van der Waals surface area contributed by atoms with E-state index >= 15 is 0 Å². The van der Waals surface area contributed by atoms with E-state index in [0.29, 0.717) is 0 Å². The molecule has 0 saturated heterocycles. The SMILES string of the molecule is CCCCCOc1ccc(-c2ccc(CCCC)cc2)nc1. The average molecular weight is 297 g/mol. The fourth-order valence-electron chi connectivity index (χ4n) is 2.40. The van der Waals surface area contributed by atoms with Crippen molar-refractivity contribution in [3.05, 3.63) is 48.2 Å². The molecule has 0 unspecified atom stereocenters. The fourth-order valence-corrected chi connectivity index (χ4v) is 2.40. The van der Waals surface area contributed by atoms with Gasteiger partial charge >= 0.3 is 0 Å². The van der Waals surface area contributed by atoms with Crippen molar-refractivity contribution < 1.29 is 4.74 Å². The number of nitrogens with zero attached hydrogens (tertiary/aromatic N) is 1. The van der Waals surface area contributed by atoms with E-state index in [1.165, 1.54) is 31.2 Å². The van der Waals surface area contributed by atoms with Crippen LogP contribution in [0.2, 0.25) is 0 Å². The molecule has 0 radical (unpaired) electrons. The van der Waals surface area contributed by atoms with Gasteiger partial charge in [0, 0.05) is 5.56 Å². The molecule has 0 saturated carbocycles. The van der Waals surface area contributed by atoms with Crippen molar-refractivity contribution in [3.63, 3.8) is 0 Å². The molecule has 1 aromatic carbocycles. The van der Waals surface area contributed by atoms with E-state index in [-0.39, 0.29) is 0 Å². The summed E-state index contributed by atoms with van der Waals surface area (Å²) in [4.78, 5) is 4.51. The largest absolute Gasteiger partial charge is 0.492 e. The number of pyridine rings is 1. The fraction of sp³-hybridized carbons (Fsp3) is 0.450. The van der Waals surface area contributed by atoms with Crippen LogP contribution in [0.25, 0.3) is 11.3 Å². The van der Waals surface area contributed by atoms with Gasteiger partial charge in [-0.3, -0.25) is 4.98 Å². The number of benzene rings is 1. The Morgan fingerprint density at radius 2 is 1.64 bits per heavy atom. The summed E-state index contributed by atoms with van der Waals surface area (Å²) < 4.78 is 5.70. The molecule has 1 heterocycles. The van der Waals surface area contributed by atoms with Gasteiger partial charge in [0.25, 0.3) is 0 Å². The number of aromatic nitrogens is 1. The highest BCUT2D eigenvalue weighted by Gasteiger charge is 2.01. The third-order valence-corrected chi connectivity index (χ3v) is 3.82. The van der Waals surface area contributed by atoms with Crippen LogP contribution in [0.4, 0.5) is 0 Å². The lowest BCUT2D eigenvalue weighted by molar-refractivity contribution is 0.305. The third kappa shape index (κ3) is 5.18. The van der Waals surface area contributed by atoms with Gasteiger partial charge in [-0.2, -0.15) is 0 Å². The van der Waals surface area contributed by atoms with Gasteiger partial charge in [0.15, 0.2) is 0 Å². The molecular weight excluding hydrogens is 270 g/mol. The molecule has 0 amide bonds. The summed E-state index contributed by atoms with van der Waals surface area (Å²) in [6, 6.07) is 12.8. The molecule has 118 valence electrons. The zero-order valence-corrected chi connectivity index (χ0v) is 13.8. The molecule has 1 aromatic heterocycles. The first kappa shape index (κ1) is 16.5. The van der Waals surface area contributed by atoms with E-state index in [9.17, 15) is 0 Å². The van der Waals surface area contributed by atoms with E-state index in [4.69, 9.17) is 4.74 Å². The van der Waals surface area contributed by atoms with Crippen LogP contribution < -0.4 is 4.74 Å². The summed E-state index contributed by atoms with van der Waals surface area (Å²) in [6.07, 6.45) is 9.02. The van der Waals surface area contributed by atoms with Crippen molar-refractivity contribution in [2.45, 2.75) is 52.4 Å². The number of aryl methyl sites for hydroxylation is 1. The third-order valence-electron chi connectivity index (χ3n) is 3.82. The number of hydrogen-bond acceptors (Lipinski definition) is 2. The summed E-state index contributed by atoms with van der Waals surface area (Å²) in [5.74, 6) is 0.861. The highest BCUT2D eigenvalue weighted by atomic mass is 16.5. The van der Waals surface area contributed by atoms with Gasteiger partial charge in [-0.25, -0.2) is 0 Å². The maximum Gasteiger partial charge on any atom is 0.137 e. The number of hydrogen-bond donors (Lipinski definition) is 0. The van der Waals surface area contributed by atoms with Crippen LogP contribution in [0.5, 0.6) is 5.75 Å². The molecule has 0 aliphatic heterocycles. The summed E-state index contributed by atoms with van der Waals surface area (Å²) in [5.41, 5.74) is 3.57. The first-order valence-electron chi connectivity index (χ1n) is 8.51. The van der Waals surface area contributed by atoms with Crippen LogP contribution in [0, 0.1) is 0 Å². The van der Waals surface area contributed by atoms with Gasteiger partial charge in [-0.05, 0) is 37.0 Å². The Morgan fingerprint density at radius 1 is 0.864 bits per heavy atom. The van der Waals surface area contributed by atoms with Crippen molar-refractivity contribution in [2.24, 2.45) is 0 Å². The molecule has 0 aliphatic rings. The predicted octanol–water partition coefficient (Wildman–Crippen LogP) is 5.66. The second-order valence-corrected chi connectivity index (χ2v) is 5.74. The minimum atomic E-state index is 0.779. The highest BCUT2D eigenvalue weighted by molar-refractivity contribution is 5.59. The zero-order chi connectivity index (χ0) is 15.6. The van der Waals surface area contributed by atoms with Gasteiger partial charge in [0.05, 0.1) is 18.5 Å². The van der Waals surface area contributed by atoms with E-state index in [0.717, 1.165) is 36.5 Å². The Kier molecular flexibility index (Phi) is 6.95. The average Bonchev–Trinajstić information content (AvgIpc) is 2.58. The number of ether oxygens (including phenoxy) is 1. The van der Waals surface area contributed by atoms with Gasteiger partial charge in [0.2, 0.25) is 0 Å². The van der Waals surface area contributed by atoms with E-state index in [1.54, 1.807) is 0 Å². The maximum atomic E-state index is 5.70. The topological polar surface area (TPSA) is 22.1 Å². The van der Waals surface area contributed by atoms with E-state index in [1.807, 2.05) is 18.3 Å². The first-order chi connectivity index (χ1) is 10.8. The molecule has 0 bridgehead atoms. The van der Waals surface area contributed by atoms with E-state index in [2.05, 4.69) is 43.1 Å². The lowest BCUT2D eigenvalue weighted by atomic mass is 10.0. The smallest absolute Gasteiger partial charge is 0.137 e. The summed E-state index contributed by atoms with van der Waals surface area (Å²) in [5, 5.41) is 0. The quantitative estimate of drug-likeness (QED) is 0.557. The van der Waals surface area contributed by atoms with Crippen LogP contribution >= 0.6 is 0 Å². The molecule has 22 heavy (non-hydrogen) atoms. The van der Waals surface area contributed by atoms with E-state index < -0.39 is 0 Å². The molecule has 2 heteroatoms. The normalized spacial score (nSPS) is 10.6. The predicted molar refractivity (Wildman–Crippen MR) is 93.3 cm³/mol. The number of rotatable bonds is 9. The van der Waals surface area contributed by atoms with Crippen molar-refractivity contribution in [1.82, 2.24) is 4.98 Å². The lowest BCUT2D eigenvalue weighted by Crippen LogP contribution is -1.97. The summed E-state index contributed by atoms with van der Waals surface area (Å²) >= 11 is 0. The molecule has 0 fully saturated rings. The Morgan fingerprint density at radius 3 is 2.27 bits per heavy atom. The van der Waals surface area contributed by atoms with Crippen molar-refractivity contribution >= 4 is 0 Å². The van der Waals surface area contributed by atoms with Gasteiger partial charge < -0.3 is 4.74 Å². The Hall–Kier alpha value is -1.83. The lowest BCUT2D eigenvalue weighted by Gasteiger charge is -2.07. The van der Waals surface area contributed by atoms with Crippen LogP contribution in [-0.4, -0.2) is 11.6 Å². The molecule has 0 atom stereocenters. The molecule has 0 N–H and O–H groups in total. The second kappa shape index (κ2) is 9.24. The standard InChI is InChI=1S/C20H27NO/c1-3-5-7-15-22-19-13-14-20(21-16-19)18-11-9-17(10-12-18)8-6-4-2/h9-14,16H,3-8,15H2,1-2H3. The molecule has 2 rings (SSSR count). The minimum absolute atomic E-state index is 0.779. The zero-order valence-electron chi connectivity index (χ0n) is 13.8. The minimum Gasteiger partial charge on any atom is -0.492 e. The summed E-state index contributed by atoms with van der Waals surface area (Å²) in [7, 11) is 0. The second-order valence-electron chi connectivity index (χ2n) is 5.74. The van der Waals surface area contributed by atoms with Gasteiger partial charge in [-0.1, -0.05) is 57.4 Å². The molecule has 2 nitrogen and oxygen atoms in total. The molecular formula is C20H27NO. The van der Waals surface area contributed by atoms with Crippen LogP contribution in [0.15, 0.2) is 42.6 Å². The van der Waals surface area contributed by atoms with Crippen LogP contribution in [0.1, 0.15) is 51.5 Å². The van der Waals surface area contributed by atoms with Crippen molar-refractivity contribution in [3.8, 4) is 17.0 Å². The Labute approximate surface area is 134 Å². The molecule has 2 aromatic rings. The monoisotopic (exact) mass is 297 g/mol. The first-order valence-corrected chi connectivity index (χ1v) is 8.51. The van der Waals surface area contributed by atoms with Gasteiger partial charge in [0.1, 0.15) is 5.75 Å². The van der Waals surface area contributed by atoms with Gasteiger partial charge in [-0.15, -0.1) is 0 Å². The van der Waals surface area contributed by atoms with Crippen molar-refractivity contribution in [1.29, 1.82) is 0 Å². The summed E-state index contributed by atoms with van der Waals surface area (Å²) in [6.45, 7) is 5.20. The maximum absolute atomic E-state index is 5.70. The highest BCUT2D eigenvalue weighted by Crippen LogP contribution is 2.20. The number of unbranched alkanes of at least 4 members (excludes halogenated alkanes) is 3. The molecule has 0 spiro atoms. The Balaban J connectivity index is 1.92. The molecule has 0 aliphatic carbocycles.